The predicted molar refractivity (Wildman–Crippen MR) is 71.0 cm³/mol. The molecule has 0 radical (unpaired) electrons. The Morgan fingerprint density at radius 3 is 2.79 bits per heavy atom. The molecule has 0 atom stereocenters. The Morgan fingerprint density at radius 2 is 2.21 bits per heavy atom. The molecule has 100 valence electrons. The fourth-order valence-corrected chi connectivity index (χ4v) is 1.84. The van der Waals surface area contributed by atoms with Gasteiger partial charge in [-0.3, -0.25) is 4.79 Å². The largest absolute Gasteiger partial charge is 0.481 e. The van der Waals surface area contributed by atoms with Gasteiger partial charge in [0.05, 0.1) is 7.11 Å². The second kappa shape index (κ2) is 6.13. The molecule has 0 spiro atoms. The SMILES string of the molecule is COc1ccc(CC(=O)CCc2nccn2C)cn1. The second-order valence-electron chi connectivity index (χ2n) is 4.38. The summed E-state index contributed by atoms with van der Waals surface area (Å²) in [5.41, 5.74) is 0.908. The number of ketones is 1. The van der Waals surface area contributed by atoms with Crippen molar-refractivity contribution in [2.24, 2.45) is 7.05 Å². The van der Waals surface area contributed by atoms with Crippen molar-refractivity contribution in [2.45, 2.75) is 19.3 Å². The van der Waals surface area contributed by atoms with E-state index in [1.165, 1.54) is 0 Å². The van der Waals surface area contributed by atoms with Gasteiger partial charge in [-0.05, 0) is 5.56 Å². The molecular formula is C14H17N3O2. The number of pyridine rings is 1. The normalized spacial score (nSPS) is 10.4. The number of nitrogens with zero attached hydrogens (tertiary/aromatic N) is 3. The first-order chi connectivity index (χ1) is 9.19. The van der Waals surface area contributed by atoms with Gasteiger partial charge in [0, 0.05) is 51.0 Å². The standard InChI is InChI=1S/C14H17N3O2/c1-17-8-7-15-13(17)5-4-12(18)9-11-3-6-14(19-2)16-10-11/h3,6-8,10H,4-5,9H2,1-2H3. The molecule has 5 heteroatoms. The van der Waals surface area contributed by atoms with Gasteiger partial charge in [0.2, 0.25) is 5.88 Å². The van der Waals surface area contributed by atoms with Crippen LogP contribution >= 0.6 is 0 Å². The van der Waals surface area contributed by atoms with Gasteiger partial charge in [0.1, 0.15) is 11.6 Å². The number of rotatable bonds is 6. The Kier molecular flexibility index (Phi) is 4.28. The molecule has 0 N–H and O–H groups in total. The number of aryl methyl sites for hydroxylation is 2. The molecule has 0 unspecified atom stereocenters. The number of ether oxygens (including phenoxy) is 1. The first-order valence-corrected chi connectivity index (χ1v) is 6.16. The van der Waals surface area contributed by atoms with Crippen LogP contribution in [0.2, 0.25) is 0 Å². The van der Waals surface area contributed by atoms with Gasteiger partial charge in [-0.15, -0.1) is 0 Å². The van der Waals surface area contributed by atoms with Crippen LogP contribution in [0, 0.1) is 0 Å². The quantitative estimate of drug-likeness (QED) is 0.790. The Bertz CT molecular complexity index is 546. The molecular weight excluding hydrogens is 242 g/mol. The van der Waals surface area contributed by atoms with E-state index in [-0.39, 0.29) is 5.78 Å². The van der Waals surface area contributed by atoms with Crippen LogP contribution in [0.3, 0.4) is 0 Å². The number of imidazole rings is 1. The molecule has 0 aliphatic carbocycles. The van der Waals surface area contributed by atoms with E-state index in [0.29, 0.717) is 25.1 Å². The van der Waals surface area contributed by atoms with Crippen molar-refractivity contribution in [3.63, 3.8) is 0 Å². The number of hydrogen-bond donors (Lipinski definition) is 0. The van der Waals surface area contributed by atoms with E-state index in [2.05, 4.69) is 9.97 Å². The van der Waals surface area contributed by atoms with Crippen LogP contribution in [-0.2, 0) is 24.7 Å². The van der Waals surface area contributed by atoms with Gasteiger partial charge in [-0.1, -0.05) is 6.07 Å². The molecule has 5 nitrogen and oxygen atoms in total. The van der Waals surface area contributed by atoms with Gasteiger partial charge < -0.3 is 9.30 Å². The highest BCUT2D eigenvalue weighted by Crippen LogP contribution is 2.09. The Balaban J connectivity index is 1.85. The molecule has 2 rings (SSSR count). The summed E-state index contributed by atoms with van der Waals surface area (Å²) in [6.07, 6.45) is 6.88. The molecule has 0 aliphatic heterocycles. The minimum Gasteiger partial charge on any atom is -0.481 e. The zero-order chi connectivity index (χ0) is 13.7. The van der Waals surface area contributed by atoms with Crippen LogP contribution in [0.15, 0.2) is 30.7 Å². The van der Waals surface area contributed by atoms with E-state index < -0.39 is 0 Å². The smallest absolute Gasteiger partial charge is 0.212 e. The molecule has 0 aromatic carbocycles. The average Bonchev–Trinajstić information content (AvgIpc) is 2.83. The van der Waals surface area contributed by atoms with Crippen LogP contribution in [0.25, 0.3) is 0 Å². The van der Waals surface area contributed by atoms with Crippen molar-refractivity contribution < 1.29 is 9.53 Å². The maximum absolute atomic E-state index is 11.9. The molecule has 0 bridgehead atoms. The van der Waals surface area contributed by atoms with E-state index in [0.717, 1.165) is 11.4 Å². The lowest BCUT2D eigenvalue weighted by Gasteiger charge is -2.03. The third-order valence-electron chi connectivity index (χ3n) is 2.96. The molecule has 0 saturated heterocycles. The molecule has 0 aliphatic rings. The highest BCUT2D eigenvalue weighted by atomic mass is 16.5. The number of hydrogen-bond acceptors (Lipinski definition) is 4. The fraction of sp³-hybridized carbons (Fsp3) is 0.357. The summed E-state index contributed by atoms with van der Waals surface area (Å²) < 4.78 is 6.91. The van der Waals surface area contributed by atoms with Crippen LogP contribution in [0.5, 0.6) is 5.88 Å². The van der Waals surface area contributed by atoms with Crippen molar-refractivity contribution in [1.29, 1.82) is 0 Å². The van der Waals surface area contributed by atoms with Gasteiger partial charge >= 0.3 is 0 Å². The third kappa shape index (κ3) is 3.64. The van der Waals surface area contributed by atoms with Crippen LogP contribution in [0.1, 0.15) is 17.8 Å². The lowest BCUT2D eigenvalue weighted by molar-refractivity contribution is -0.118. The van der Waals surface area contributed by atoms with E-state index in [1.807, 2.05) is 23.9 Å². The molecule has 0 fully saturated rings. The minimum atomic E-state index is 0.190. The van der Waals surface area contributed by atoms with Gasteiger partial charge in [0.15, 0.2) is 0 Å². The lowest BCUT2D eigenvalue weighted by Crippen LogP contribution is -2.07. The topological polar surface area (TPSA) is 57.0 Å². The number of carbonyl (C=O) groups excluding carboxylic acids is 1. The Labute approximate surface area is 112 Å². The van der Waals surface area contributed by atoms with Crippen LogP contribution < -0.4 is 4.74 Å². The van der Waals surface area contributed by atoms with Crippen molar-refractivity contribution in [3.8, 4) is 5.88 Å². The van der Waals surface area contributed by atoms with Gasteiger partial charge in [-0.2, -0.15) is 0 Å². The number of methoxy groups -OCH3 is 1. The second-order valence-corrected chi connectivity index (χ2v) is 4.38. The molecule has 0 amide bonds. The zero-order valence-corrected chi connectivity index (χ0v) is 11.2. The van der Waals surface area contributed by atoms with E-state index in [1.54, 1.807) is 25.6 Å². The van der Waals surface area contributed by atoms with Crippen molar-refractivity contribution in [3.05, 3.63) is 42.1 Å². The zero-order valence-electron chi connectivity index (χ0n) is 11.2. The summed E-state index contributed by atoms with van der Waals surface area (Å²) in [6, 6.07) is 3.63. The number of aromatic nitrogens is 3. The van der Waals surface area contributed by atoms with E-state index in [9.17, 15) is 4.79 Å². The summed E-state index contributed by atoms with van der Waals surface area (Å²) in [4.78, 5) is 20.2. The Morgan fingerprint density at radius 1 is 1.37 bits per heavy atom. The van der Waals surface area contributed by atoms with Crippen LogP contribution in [-0.4, -0.2) is 27.4 Å². The summed E-state index contributed by atoms with van der Waals surface area (Å²) in [6.45, 7) is 0. The monoisotopic (exact) mass is 259 g/mol. The lowest BCUT2D eigenvalue weighted by atomic mass is 10.1. The summed E-state index contributed by atoms with van der Waals surface area (Å²) >= 11 is 0. The number of Topliss-reactive ketones (excluding diaryl/α,β-unsaturated/α-hetero) is 1. The fourth-order valence-electron chi connectivity index (χ4n) is 1.84. The summed E-state index contributed by atoms with van der Waals surface area (Å²) in [5.74, 6) is 1.68. The average molecular weight is 259 g/mol. The van der Waals surface area contributed by atoms with E-state index >= 15 is 0 Å². The molecule has 19 heavy (non-hydrogen) atoms. The first kappa shape index (κ1) is 13.3. The molecule has 2 aromatic heterocycles. The summed E-state index contributed by atoms with van der Waals surface area (Å²) in [7, 11) is 3.50. The minimum absolute atomic E-state index is 0.190. The van der Waals surface area contributed by atoms with Crippen molar-refractivity contribution >= 4 is 5.78 Å². The maximum atomic E-state index is 11.9. The molecule has 2 aromatic rings. The predicted octanol–water partition coefficient (Wildman–Crippen LogP) is 1.57. The maximum Gasteiger partial charge on any atom is 0.212 e. The highest BCUT2D eigenvalue weighted by molar-refractivity contribution is 5.80. The van der Waals surface area contributed by atoms with Gasteiger partial charge in [0.25, 0.3) is 0 Å². The van der Waals surface area contributed by atoms with Crippen molar-refractivity contribution in [2.75, 3.05) is 7.11 Å². The van der Waals surface area contributed by atoms with Crippen molar-refractivity contribution in [1.82, 2.24) is 14.5 Å². The number of carbonyl (C=O) groups is 1. The Hall–Kier alpha value is -2.17. The first-order valence-electron chi connectivity index (χ1n) is 6.16. The molecule has 0 saturated carbocycles. The van der Waals surface area contributed by atoms with Crippen LogP contribution in [0.4, 0.5) is 0 Å². The summed E-state index contributed by atoms with van der Waals surface area (Å²) in [5, 5.41) is 0. The van der Waals surface area contributed by atoms with E-state index in [4.69, 9.17) is 4.74 Å². The molecule has 2 heterocycles. The third-order valence-corrected chi connectivity index (χ3v) is 2.96. The van der Waals surface area contributed by atoms with Gasteiger partial charge in [-0.25, -0.2) is 9.97 Å². The highest BCUT2D eigenvalue weighted by Gasteiger charge is 2.07.